The van der Waals surface area contributed by atoms with Crippen molar-refractivity contribution in [3.63, 3.8) is 0 Å². The molecule has 4 nitrogen and oxygen atoms in total. The van der Waals surface area contributed by atoms with Gasteiger partial charge in [0.15, 0.2) is 0 Å². The molecular formula is C12H13N3O. The Kier molecular flexibility index (Phi) is 2.91. The van der Waals surface area contributed by atoms with Crippen LogP contribution < -0.4 is 15.8 Å². The summed E-state index contributed by atoms with van der Waals surface area (Å²) in [5.41, 5.74) is 7.26. The fourth-order valence-corrected chi connectivity index (χ4v) is 1.36. The molecule has 2 aromatic rings. The first-order valence-corrected chi connectivity index (χ1v) is 4.90. The van der Waals surface area contributed by atoms with Gasteiger partial charge in [-0.3, -0.25) is 0 Å². The number of ether oxygens (including phenoxy) is 1. The average molecular weight is 215 g/mol. The second-order valence-corrected chi connectivity index (χ2v) is 3.33. The minimum atomic E-state index is 0.681. The molecule has 2 rings (SSSR count). The predicted octanol–water partition coefficient (Wildman–Crippen LogP) is 2.42. The number of benzene rings is 1. The molecule has 16 heavy (non-hydrogen) atoms. The first kappa shape index (κ1) is 10.3. The van der Waals surface area contributed by atoms with Crippen LogP contribution in [0.3, 0.4) is 0 Å². The molecule has 0 saturated heterocycles. The smallest absolute Gasteiger partial charge is 0.132 e. The van der Waals surface area contributed by atoms with Crippen molar-refractivity contribution in [2.45, 2.75) is 0 Å². The van der Waals surface area contributed by atoms with Crippen LogP contribution in [-0.2, 0) is 0 Å². The number of nitrogens with two attached hydrogens (primary N) is 1. The lowest BCUT2D eigenvalue weighted by atomic mass is 10.3. The van der Waals surface area contributed by atoms with Crippen LogP contribution in [0.4, 0.5) is 17.2 Å². The third-order valence-corrected chi connectivity index (χ3v) is 2.13. The summed E-state index contributed by atoms with van der Waals surface area (Å²) in [6, 6.07) is 11.2. The Balaban J connectivity index is 2.20. The Bertz CT molecular complexity index is 485. The summed E-state index contributed by atoms with van der Waals surface area (Å²) >= 11 is 0. The number of hydrogen-bond donors (Lipinski definition) is 2. The molecule has 0 amide bonds. The average Bonchev–Trinajstić information content (AvgIpc) is 2.29. The van der Waals surface area contributed by atoms with Crippen LogP contribution in [0.1, 0.15) is 0 Å². The highest BCUT2D eigenvalue weighted by Crippen LogP contribution is 2.20. The minimum Gasteiger partial charge on any atom is -0.497 e. The zero-order valence-corrected chi connectivity index (χ0v) is 8.97. The van der Waals surface area contributed by atoms with Crippen LogP contribution in [0.15, 0.2) is 42.6 Å². The second-order valence-electron chi connectivity index (χ2n) is 3.33. The van der Waals surface area contributed by atoms with Gasteiger partial charge < -0.3 is 15.8 Å². The van der Waals surface area contributed by atoms with Crippen molar-refractivity contribution in [1.82, 2.24) is 4.98 Å². The summed E-state index contributed by atoms with van der Waals surface area (Å²) < 4.78 is 5.13. The molecule has 1 aromatic carbocycles. The van der Waals surface area contributed by atoms with E-state index < -0.39 is 0 Å². The van der Waals surface area contributed by atoms with E-state index in [9.17, 15) is 0 Å². The number of nitrogens with one attached hydrogen (secondary N) is 1. The number of pyridine rings is 1. The molecule has 0 aliphatic heterocycles. The SMILES string of the molecule is COc1cccc(Nc2cc(N)ccn2)c1. The number of aromatic nitrogens is 1. The molecule has 3 N–H and O–H groups in total. The minimum absolute atomic E-state index is 0.681. The van der Waals surface area contributed by atoms with E-state index in [2.05, 4.69) is 10.3 Å². The summed E-state index contributed by atoms with van der Waals surface area (Å²) in [4.78, 5) is 4.16. The van der Waals surface area contributed by atoms with Crippen LogP contribution in [0.2, 0.25) is 0 Å². The number of methoxy groups -OCH3 is 1. The van der Waals surface area contributed by atoms with Crippen molar-refractivity contribution in [2.24, 2.45) is 0 Å². The maximum Gasteiger partial charge on any atom is 0.132 e. The Morgan fingerprint density at radius 1 is 1.25 bits per heavy atom. The van der Waals surface area contributed by atoms with Gasteiger partial charge in [0.1, 0.15) is 11.6 Å². The van der Waals surface area contributed by atoms with Crippen LogP contribution in [0.25, 0.3) is 0 Å². The summed E-state index contributed by atoms with van der Waals surface area (Å²) in [5.74, 6) is 1.52. The van der Waals surface area contributed by atoms with Gasteiger partial charge in [0.25, 0.3) is 0 Å². The van der Waals surface area contributed by atoms with E-state index in [0.717, 1.165) is 11.4 Å². The monoisotopic (exact) mass is 215 g/mol. The first-order chi connectivity index (χ1) is 7.78. The van der Waals surface area contributed by atoms with E-state index in [-0.39, 0.29) is 0 Å². The molecule has 4 heteroatoms. The van der Waals surface area contributed by atoms with Gasteiger partial charge in [0, 0.05) is 29.7 Å². The second kappa shape index (κ2) is 4.53. The van der Waals surface area contributed by atoms with E-state index in [4.69, 9.17) is 10.5 Å². The molecule has 0 fully saturated rings. The largest absolute Gasteiger partial charge is 0.497 e. The molecular weight excluding hydrogens is 202 g/mol. The molecule has 0 bridgehead atoms. The topological polar surface area (TPSA) is 60.2 Å². The molecule has 0 aliphatic rings. The van der Waals surface area contributed by atoms with E-state index in [0.29, 0.717) is 11.5 Å². The Hall–Kier alpha value is -2.23. The van der Waals surface area contributed by atoms with Crippen molar-refractivity contribution in [3.8, 4) is 5.75 Å². The van der Waals surface area contributed by atoms with E-state index in [1.165, 1.54) is 0 Å². The van der Waals surface area contributed by atoms with Gasteiger partial charge in [-0.25, -0.2) is 4.98 Å². The molecule has 1 heterocycles. The lowest BCUT2D eigenvalue weighted by Crippen LogP contribution is -1.95. The lowest BCUT2D eigenvalue weighted by molar-refractivity contribution is 0.415. The third-order valence-electron chi connectivity index (χ3n) is 2.13. The maximum absolute atomic E-state index is 5.66. The summed E-state index contributed by atoms with van der Waals surface area (Å²) in [6.07, 6.45) is 1.66. The van der Waals surface area contributed by atoms with Crippen molar-refractivity contribution in [3.05, 3.63) is 42.6 Å². The van der Waals surface area contributed by atoms with E-state index in [1.54, 1.807) is 25.4 Å². The van der Waals surface area contributed by atoms with Crippen molar-refractivity contribution in [2.75, 3.05) is 18.2 Å². The van der Waals surface area contributed by atoms with Gasteiger partial charge in [0.2, 0.25) is 0 Å². The highest BCUT2D eigenvalue weighted by molar-refractivity contribution is 5.60. The van der Waals surface area contributed by atoms with Gasteiger partial charge in [-0.05, 0) is 18.2 Å². The predicted molar refractivity (Wildman–Crippen MR) is 64.9 cm³/mol. The van der Waals surface area contributed by atoms with Crippen molar-refractivity contribution < 1.29 is 4.74 Å². The molecule has 0 radical (unpaired) electrons. The van der Waals surface area contributed by atoms with Crippen molar-refractivity contribution in [1.29, 1.82) is 0 Å². The van der Waals surface area contributed by atoms with Crippen LogP contribution in [0, 0.1) is 0 Å². The Labute approximate surface area is 94.1 Å². The molecule has 82 valence electrons. The standard InChI is InChI=1S/C12H13N3O/c1-16-11-4-2-3-10(8-11)15-12-7-9(13)5-6-14-12/h2-8H,1H3,(H3,13,14,15). The van der Waals surface area contributed by atoms with Gasteiger partial charge in [-0.15, -0.1) is 0 Å². The number of anilines is 3. The summed E-state index contributed by atoms with van der Waals surface area (Å²) in [6.45, 7) is 0. The zero-order valence-electron chi connectivity index (χ0n) is 8.97. The van der Waals surface area contributed by atoms with Crippen LogP contribution in [-0.4, -0.2) is 12.1 Å². The van der Waals surface area contributed by atoms with Gasteiger partial charge in [-0.2, -0.15) is 0 Å². The fourth-order valence-electron chi connectivity index (χ4n) is 1.36. The van der Waals surface area contributed by atoms with Crippen LogP contribution in [0.5, 0.6) is 5.75 Å². The quantitative estimate of drug-likeness (QED) is 0.825. The molecule has 1 aromatic heterocycles. The van der Waals surface area contributed by atoms with Crippen LogP contribution >= 0.6 is 0 Å². The highest BCUT2D eigenvalue weighted by atomic mass is 16.5. The molecule has 0 unspecified atom stereocenters. The lowest BCUT2D eigenvalue weighted by Gasteiger charge is -2.07. The Morgan fingerprint density at radius 2 is 2.12 bits per heavy atom. The van der Waals surface area contributed by atoms with E-state index >= 15 is 0 Å². The number of nitrogen functional groups attached to an aromatic ring is 1. The van der Waals surface area contributed by atoms with Gasteiger partial charge in [0.05, 0.1) is 7.11 Å². The molecule has 0 atom stereocenters. The molecule has 0 saturated carbocycles. The highest BCUT2D eigenvalue weighted by Gasteiger charge is 1.98. The number of hydrogen-bond acceptors (Lipinski definition) is 4. The maximum atomic E-state index is 5.66. The van der Waals surface area contributed by atoms with Gasteiger partial charge in [-0.1, -0.05) is 6.07 Å². The first-order valence-electron chi connectivity index (χ1n) is 4.90. The fraction of sp³-hybridized carbons (Fsp3) is 0.0833. The zero-order chi connectivity index (χ0) is 11.4. The van der Waals surface area contributed by atoms with E-state index in [1.807, 2.05) is 24.3 Å². The summed E-state index contributed by atoms with van der Waals surface area (Å²) in [5, 5.41) is 3.15. The number of rotatable bonds is 3. The Morgan fingerprint density at radius 3 is 2.88 bits per heavy atom. The number of nitrogens with zero attached hydrogens (tertiary/aromatic N) is 1. The third kappa shape index (κ3) is 2.42. The molecule has 0 aliphatic carbocycles. The summed E-state index contributed by atoms with van der Waals surface area (Å²) in [7, 11) is 1.64. The van der Waals surface area contributed by atoms with Gasteiger partial charge >= 0.3 is 0 Å². The normalized spacial score (nSPS) is 9.81. The molecule has 0 spiro atoms. The van der Waals surface area contributed by atoms with Crippen molar-refractivity contribution >= 4 is 17.2 Å².